The Morgan fingerprint density at radius 1 is 1.58 bits per heavy atom. The van der Waals surface area contributed by atoms with Crippen LogP contribution in [0.2, 0.25) is 0 Å². The van der Waals surface area contributed by atoms with Crippen LogP contribution in [-0.4, -0.2) is 37.8 Å². The second-order valence-corrected chi connectivity index (χ2v) is 3.64. The topological polar surface area (TPSA) is 21.7 Å². The lowest BCUT2D eigenvalue weighted by Crippen LogP contribution is -2.48. The number of hydrogen-bond acceptors (Lipinski definition) is 3. The van der Waals surface area contributed by atoms with Gasteiger partial charge in [0.15, 0.2) is 0 Å². The van der Waals surface area contributed by atoms with E-state index in [1.54, 1.807) is 0 Å². The van der Waals surface area contributed by atoms with Gasteiger partial charge in [-0.05, 0) is 6.42 Å². The summed E-state index contributed by atoms with van der Waals surface area (Å²) in [5.74, 6) is 0.363. The zero-order valence-corrected chi connectivity index (χ0v) is 7.78. The molecule has 4 atom stereocenters. The summed E-state index contributed by atoms with van der Waals surface area (Å²) < 4.78 is 5.70. The van der Waals surface area contributed by atoms with E-state index in [0.29, 0.717) is 5.92 Å². The number of ether oxygens (including phenoxy) is 1. The van der Waals surface area contributed by atoms with E-state index in [9.17, 15) is 0 Å². The molecule has 12 heavy (non-hydrogen) atoms. The number of hydrogen-bond donors (Lipinski definition) is 0. The van der Waals surface area contributed by atoms with Gasteiger partial charge < -0.3 is 4.74 Å². The van der Waals surface area contributed by atoms with Gasteiger partial charge in [0.2, 0.25) is 0 Å². The minimum atomic E-state index is -0.274. The summed E-state index contributed by atoms with van der Waals surface area (Å²) in [6.07, 6.45) is 0.949. The second kappa shape index (κ2) is 2.47. The molecular formula is C8H14BNO2. The molecule has 3 nitrogen and oxygen atoms in total. The molecule has 0 aromatic heterocycles. The molecule has 0 aromatic carbocycles. The van der Waals surface area contributed by atoms with Crippen molar-refractivity contribution in [3.05, 3.63) is 0 Å². The number of fused-ring (bicyclic) bond motifs is 2. The van der Waals surface area contributed by atoms with Gasteiger partial charge in [0.1, 0.15) is 19.7 Å². The van der Waals surface area contributed by atoms with Crippen molar-refractivity contribution < 1.29 is 9.57 Å². The molecule has 66 valence electrons. The highest BCUT2D eigenvalue weighted by Gasteiger charge is 2.59. The van der Waals surface area contributed by atoms with Crippen LogP contribution in [-0.2, 0) is 9.57 Å². The largest absolute Gasteiger partial charge is 0.362 e. The molecule has 0 N–H and O–H groups in total. The molecule has 2 aliphatic rings. The lowest BCUT2D eigenvalue weighted by Gasteiger charge is -2.37. The van der Waals surface area contributed by atoms with Gasteiger partial charge in [0, 0.05) is 19.0 Å². The fourth-order valence-corrected chi connectivity index (χ4v) is 2.36. The maximum atomic E-state index is 5.76. The van der Waals surface area contributed by atoms with E-state index in [0.717, 1.165) is 6.42 Å². The van der Waals surface area contributed by atoms with E-state index in [1.165, 1.54) is 0 Å². The Morgan fingerprint density at radius 3 is 2.58 bits per heavy atom. The third-order valence-corrected chi connectivity index (χ3v) is 3.19. The quantitative estimate of drug-likeness (QED) is 0.530. The van der Waals surface area contributed by atoms with Crippen molar-refractivity contribution in [1.82, 2.24) is 5.06 Å². The third-order valence-electron chi connectivity index (χ3n) is 3.19. The van der Waals surface area contributed by atoms with Gasteiger partial charge in [0.05, 0.1) is 0 Å². The first-order valence-electron chi connectivity index (χ1n) is 4.46. The summed E-state index contributed by atoms with van der Waals surface area (Å²) in [5, 5.41) is 1.81. The van der Waals surface area contributed by atoms with Gasteiger partial charge in [0.25, 0.3) is 0 Å². The summed E-state index contributed by atoms with van der Waals surface area (Å²) in [5.41, 5.74) is -0.274. The molecule has 2 heterocycles. The summed E-state index contributed by atoms with van der Waals surface area (Å²) >= 11 is 0. The second-order valence-electron chi connectivity index (χ2n) is 3.64. The summed E-state index contributed by atoms with van der Waals surface area (Å²) in [6, 6.07) is -0.254. The van der Waals surface area contributed by atoms with Gasteiger partial charge in [-0.2, -0.15) is 5.06 Å². The van der Waals surface area contributed by atoms with E-state index in [-0.39, 0.29) is 17.8 Å². The van der Waals surface area contributed by atoms with Gasteiger partial charge in [-0.3, -0.25) is 4.84 Å². The van der Waals surface area contributed by atoms with Crippen molar-refractivity contribution in [2.24, 2.45) is 5.92 Å². The van der Waals surface area contributed by atoms with E-state index in [1.807, 2.05) is 12.1 Å². The first-order chi connectivity index (χ1) is 5.62. The van der Waals surface area contributed by atoms with Crippen LogP contribution in [0.15, 0.2) is 0 Å². The minimum Gasteiger partial charge on any atom is -0.362 e. The predicted molar refractivity (Wildman–Crippen MR) is 45.4 cm³/mol. The fraction of sp³-hybridized carbons (Fsp3) is 1.00. The van der Waals surface area contributed by atoms with Crippen LogP contribution in [0.3, 0.4) is 0 Å². The van der Waals surface area contributed by atoms with Crippen molar-refractivity contribution in [1.29, 1.82) is 0 Å². The minimum absolute atomic E-state index is 0.0370. The van der Waals surface area contributed by atoms with Gasteiger partial charge in [-0.1, -0.05) is 13.8 Å². The molecular weight excluding hydrogens is 153 g/mol. The highest BCUT2D eigenvalue weighted by Crippen LogP contribution is 2.47. The molecule has 2 radical (unpaired) electrons. The molecule has 1 unspecified atom stereocenters. The molecule has 0 aliphatic carbocycles. The number of hydroxylamine groups is 2. The van der Waals surface area contributed by atoms with Gasteiger partial charge >= 0.3 is 0 Å². The smallest absolute Gasteiger partial charge is 0.147 e. The fourth-order valence-electron chi connectivity index (χ4n) is 2.36. The van der Waals surface area contributed by atoms with Crippen molar-refractivity contribution in [2.45, 2.75) is 38.1 Å². The monoisotopic (exact) mass is 167 g/mol. The van der Waals surface area contributed by atoms with Crippen LogP contribution in [0.5, 0.6) is 0 Å². The SMILES string of the molecule is [B][C@@H]1O[C@]2(CC)C(C)[C@@H]1ON2C. The molecule has 0 spiro atoms. The van der Waals surface area contributed by atoms with Crippen LogP contribution >= 0.6 is 0 Å². The zero-order valence-electron chi connectivity index (χ0n) is 7.78. The first-order valence-corrected chi connectivity index (χ1v) is 4.46. The Hall–Kier alpha value is -0.0551. The molecule has 2 rings (SSSR count). The maximum absolute atomic E-state index is 5.76. The third kappa shape index (κ3) is 0.780. The molecule has 2 aliphatic heterocycles. The molecule has 2 saturated heterocycles. The highest BCUT2D eigenvalue weighted by molar-refractivity contribution is 6.11. The van der Waals surface area contributed by atoms with Crippen LogP contribution in [0.1, 0.15) is 20.3 Å². The normalized spacial score (nSPS) is 53.4. The van der Waals surface area contributed by atoms with Crippen LogP contribution < -0.4 is 0 Å². The van der Waals surface area contributed by atoms with E-state index in [2.05, 4.69) is 13.8 Å². The molecule has 4 heteroatoms. The Bertz CT molecular complexity index is 201. The van der Waals surface area contributed by atoms with E-state index in [4.69, 9.17) is 17.4 Å². The first kappa shape index (κ1) is 8.54. The van der Waals surface area contributed by atoms with E-state index >= 15 is 0 Å². The average Bonchev–Trinajstić information content (AvgIpc) is 2.41. The lowest BCUT2D eigenvalue weighted by molar-refractivity contribution is -0.304. The van der Waals surface area contributed by atoms with Crippen LogP contribution in [0.25, 0.3) is 0 Å². The van der Waals surface area contributed by atoms with Crippen molar-refractivity contribution in [2.75, 3.05) is 7.05 Å². The Balaban J connectivity index is 2.30. The number of nitrogens with zero attached hydrogens (tertiary/aromatic N) is 1. The van der Waals surface area contributed by atoms with Crippen molar-refractivity contribution >= 4 is 7.85 Å². The molecule has 0 aromatic rings. The summed E-state index contributed by atoms with van der Waals surface area (Å²) in [4.78, 5) is 5.56. The number of rotatable bonds is 1. The molecule has 2 fully saturated rings. The zero-order chi connectivity index (χ0) is 8.93. The Kier molecular flexibility index (Phi) is 1.76. The predicted octanol–water partition coefficient (Wildman–Crippen LogP) is 0.499. The van der Waals surface area contributed by atoms with Crippen molar-refractivity contribution in [3.63, 3.8) is 0 Å². The average molecular weight is 167 g/mol. The Labute approximate surface area is 74.4 Å². The Morgan fingerprint density at radius 2 is 2.25 bits per heavy atom. The summed E-state index contributed by atoms with van der Waals surface area (Å²) in [7, 11) is 7.67. The van der Waals surface area contributed by atoms with E-state index < -0.39 is 0 Å². The standard InChI is InChI=1S/C8H14BNO2/c1-4-8-5(2)6(7(9)11-8)12-10(8)3/h5-7H,4H2,1-3H3/t5?,6-,7+,8+/m0/s1. The summed E-state index contributed by atoms with van der Waals surface area (Å²) in [6.45, 7) is 4.22. The molecule has 2 bridgehead atoms. The molecule has 0 saturated carbocycles. The molecule has 0 amide bonds. The van der Waals surface area contributed by atoms with Crippen LogP contribution in [0, 0.1) is 5.92 Å². The van der Waals surface area contributed by atoms with Crippen molar-refractivity contribution in [3.8, 4) is 0 Å². The maximum Gasteiger partial charge on any atom is 0.147 e. The van der Waals surface area contributed by atoms with Gasteiger partial charge in [-0.25, -0.2) is 0 Å². The highest BCUT2D eigenvalue weighted by atomic mass is 16.8. The van der Waals surface area contributed by atoms with Crippen LogP contribution in [0.4, 0.5) is 0 Å². The van der Waals surface area contributed by atoms with Gasteiger partial charge in [-0.15, -0.1) is 0 Å². The lowest BCUT2D eigenvalue weighted by atomic mass is 9.87.